The van der Waals surface area contributed by atoms with Crippen LogP contribution in [0, 0.1) is 0 Å². The number of aromatic nitrogens is 4. The zero-order valence-electron chi connectivity index (χ0n) is 13.5. The summed E-state index contributed by atoms with van der Waals surface area (Å²) in [5.41, 5.74) is 1.92. The monoisotopic (exact) mass is 342 g/mol. The summed E-state index contributed by atoms with van der Waals surface area (Å²) in [6.07, 6.45) is 0. The Balaban J connectivity index is 1.82. The van der Waals surface area contributed by atoms with Crippen LogP contribution in [0.3, 0.4) is 0 Å². The van der Waals surface area contributed by atoms with E-state index in [0.29, 0.717) is 17.5 Å². The molecule has 0 aliphatic heterocycles. The van der Waals surface area contributed by atoms with Crippen LogP contribution < -0.4 is 9.47 Å². The molecule has 124 valence electrons. The lowest BCUT2D eigenvalue weighted by Crippen LogP contribution is -2.02. The minimum absolute atomic E-state index is 0.640. The minimum atomic E-state index is 0.640. The highest BCUT2D eigenvalue weighted by Gasteiger charge is 2.14. The van der Waals surface area contributed by atoms with Crippen molar-refractivity contribution in [3.63, 3.8) is 0 Å². The number of thioether (sulfide) groups is 1. The molecule has 24 heavy (non-hydrogen) atoms. The number of benzene rings is 2. The summed E-state index contributed by atoms with van der Waals surface area (Å²) in [6.45, 7) is 2.62. The molecule has 0 spiro atoms. The predicted molar refractivity (Wildman–Crippen MR) is 92.9 cm³/mol. The second-order valence-electron chi connectivity index (χ2n) is 4.87. The van der Waals surface area contributed by atoms with Crippen LogP contribution in [0.4, 0.5) is 0 Å². The van der Waals surface area contributed by atoms with Gasteiger partial charge in [-0.15, -0.1) is 5.10 Å². The first-order valence-electron chi connectivity index (χ1n) is 7.58. The molecule has 0 saturated heterocycles. The Morgan fingerprint density at radius 1 is 1.04 bits per heavy atom. The van der Waals surface area contributed by atoms with Crippen molar-refractivity contribution in [2.45, 2.75) is 17.8 Å². The molecule has 6 nitrogen and oxygen atoms in total. The van der Waals surface area contributed by atoms with Crippen LogP contribution in [0.25, 0.3) is 5.69 Å². The van der Waals surface area contributed by atoms with Gasteiger partial charge in [-0.05, 0) is 35.5 Å². The number of tetrazole rings is 1. The Bertz CT molecular complexity index is 807. The first-order valence-corrected chi connectivity index (χ1v) is 8.57. The van der Waals surface area contributed by atoms with Crippen LogP contribution in [0.1, 0.15) is 12.5 Å². The van der Waals surface area contributed by atoms with Gasteiger partial charge >= 0.3 is 0 Å². The number of nitrogens with zero attached hydrogens (tertiary/aromatic N) is 4. The molecule has 0 aliphatic rings. The molecule has 0 N–H and O–H groups in total. The Morgan fingerprint density at radius 2 is 1.79 bits per heavy atom. The Labute approximate surface area is 144 Å². The first kappa shape index (κ1) is 16.3. The van der Waals surface area contributed by atoms with E-state index in [1.807, 2.05) is 49.4 Å². The SMILES string of the molecule is CCOc1ccccc1CSc1nnnn1-c1ccccc1OC. The largest absolute Gasteiger partial charge is 0.494 e. The van der Waals surface area contributed by atoms with Crippen molar-refractivity contribution >= 4 is 11.8 Å². The third-order valence-corrected chi connectivity index (χ3v) is 4.35. The predicted octanol–water partition coefficient (Wildman–Crippen LogP) is 3.36. The van der Waals surface area contributed by atoms with Gasteiger partial charge in [0.25, 0.3) is 0 Å². The van der Waals surface area contributed by atoms with E-state index in [1.54, 1.807) is 23.6 Å². The molecule has 0 unspecified atom stereocenters. The first-order chi connectivity index (χ1) is 11.8. The lowest BCUT2D eigenvalue weighted by molar-refractivity contribution is 0.337. The zero-order chi connectivity index (χ0) is 16.8. The van der Waals surface area contributed by atoms with Gasteiger partial charge < -0.3 is 9.47 Å². The van der Waals surface area contributed by atoms with Gasteiger partial charge in [-0.2, -0.15) is 4.68 Å². The third-order valence-electron chi connectivity index (χ3n) is 3.38. The summed E-state index contributed by atoms with van der Waals surface area (Å²) in [4.78, 5) is 0. The average Bonchev–Trinajstić information content (AvgIpc) is 3.09. The number of para-hydroxylation sites is 3. The van der Waals surface area contributed by atoms with Crippen molar-refractivity contribution in [1.29, 1.82) is 0 Å². The van der Waals surface area contributed by atoms with Gasteiger partial charge in [0.05, 0.1) is 13.7 Å². The van der Waals surface area contributed by atoms with E-state index in [-0.39, 0.29) is 0 Å². The minimum Gasteiger partial charge on any atom is -0.494 e. The molecule has 2 aromatic carbocycles. The number of ether oxygens (including phenoxy) is 2. The van der Waals surface area contributed by atoms with E-state index in [4.69, 9.17) is 9.47 Å². The van der Waals surface area contributed by atoms with Crippen molar-refractivity contribution in [2.75, 3.05) is 13.7 Å². The molecule has 1 aromatic heterocycles. The summed E-state index contributed by atoms with van der Waals surface area (Å²) in [6, 6.07) is 15.6. The van der Waals surface area contributed by atoms with E-state index in [0.717, 1.165) is 22.7 Å². The average molecular weight is 342 g/mol. The second kappa shape index (κ2) is 7.83. The molecule has 0 atom stereocenters. The number of hydrogen-bond acceptors (Lipinski definition) is 6. The molecule has 7 heteroatoms. The summed E-state index contributed by atoms with van der Waals surface area (Å²) in [5, 5.41) is 12.7. The van der Waals surface area contributed by atoms with Crippen LogP contribution >= 0.6 is 11.8 Å². The molecule has 3 rings (SSSR count). The molecule has 1 heterocycles. The number of rotatable bonds is 7. The van der Waals surface area contributed by atoms with E-state index >= 15 is 0 Å². The van der Waals surface area contributed by atoms with E-state index in [9.17, 15) is 0 Å². The molecule has 0 radical (unpaired) electrons. The maximum Gasteiger partial charge on any atom is 0.214 e. The van der Waals surface area contributed by atoms with Gasteiger partial charge in [0.15, 0.2) is 0 Å². The topological polar surface area (TPSA) is 62.1 Å². The fraction of sp³-hybridized carbons (Fsp3) is 0.235. The Kier molecular flexibility index (Phi) is 5.32. The fourth-order valence-corrected chi connectivity index (χ4v) is 3.16. The van der Waals surface area contributed by atoms with Crippen molar-refractivity contribution in [2.24, 2.45) is 0 Å². The van der Waals surface area contributed by atoms with Gasteiger partial charge in [0.2, 0.25) is 5.16 Å². The summed E-state index contributed by atoms with van der Waals surface area (Å²) >= 11 is 1.55. The molecule has 3 aromatic rings. The van der Waals surface area contributed by atoms with E-state index in [1.165, 1.54) is 0 Å². The Hall–Kier alpha value is -2.54. The maximum atomic E-state index is 5.67. The van der Waals surface area contributed by atoms with Gasteiger partial charge in [-0.1, -0.05) is 42.1 Å². The van der Waals surface area contributed by atoms with Gasteiger partial charge in [-0.3, -0.25) is 0 Å². The summed E-state index contributed by atoms with van der Waals surface area (Å²) < 4.78 is 12.7. The molecule has 0 amide bonds. The molecule has 0 saturated carbocycles. The van der Waals surface area contributed by atoms with Crippen LogP contribution in [-0.2, 0) is 5.75 Å². The number of methoxy groups -OCH3 is 1. The molecule has 0 bridgehead atoms. The Morgan fingerprint density at radius 3 is 2.58 bits per heavy atom. The zero-order valence-corrected chi connectivity index (χ0v) is 14.4. The van der Waals surface area contributed by atoms with Crippen LogP contribution in [0.15, 0.2) is 53.7 Å². The van der Waals surface area contributed by atoms with Crippen LogP contribution in [0.2, 0.25) is 0 Å². The second-order valence-corrected chi connectivity index (χ2v) is 5.82. The summed E-state index contributed by atoms with van der Waals surface area (Å²) in [7, 11) is 1.63. The van der Waals surface area contributed by atoms with E-state index < -0.39 is 0 Å². The smallest absolute Gasteiger partial charge is 0.214 e. The van der Waals surface area contributed by atoms with Crippen molar-refractivity contribution in [1.82, 2.24) is 20.2 Å². The van der Waals surface area contributed by atoms with Crippen molar-refractivity contribution in [3.05, 3.63) is 54.1 Å². The fourth-order valence-electron chi connectivity index (χ4n) is 2.29. The van der Waals surface area contributed by atoms with Crippen LogP contribution in [-0.4, -0.2) is 33.9 Å². The lowest BCUT2D eigenvalue weighted by Gasteiger charge is -2.10. The molecule has 0 fully saturated rings. The van der Waals surface area contributed by atoms with Crippen molar-refractivity contribution in [3.8, 4) is 17.2 Å². The number of hydrogen-bond donors (Lipinski definition) is 0. The molecular weight excluding hydrogens is 324 g/mol. The van der Waals surface area contributed by atoms with Gasteiger partial charge in [-0.25, -0.2) is 0 Å². The third kappa shape index (κ3) is 3.51. The van der Waals surface area contributed by atoms with E-state index in [2.05, 4.69) is 21.6 Å². The quantitative estimate of drug-likeness (QED) is 0.614. The molecule has 0 aliphatic carbocycles. The summed E-state index contributed by atoms with van der Waals surface area (Å²) in [5.74, 6) is 2.33. The lowest BCUT2D eigenvalue weighted by atomic mass is 10.2. The van der Waals surface area contributed by atoms with Crippen LogP contribution in [0.5, 0.6) is 11.5 Å². The van der Waals surface area contributed by atoms with Gasteiger partial charge in [0, 0.05) is 11.3 Å². The highest BCUT2D eigenvalue weighted by molar-refractivity contribution is 7.98. The maximum absolute atomic E-state index is 5.67. The normalized spacial score (nSPS) is 10.6. The highest BCUT2D eigenvalue weighted by Crippen LogP contribution is 2.29. The standard InChI is InChI=1S/C17H18N4O2S/c1-3-23-15-10-6-4-8-13(15)12-24-17-18-19-20-21(17)14-9-5-7-11-16(14)22-2/h4-11H,3,12H2,1-2H3. The van der Waals surface area contributed by atoms with Crippen molar-refractivity contribution < 1.29 is 9.47 Å². The van der Waals surface area contributed by atoms with Gasteiger partial charge in [0.1, 0.15) is 17.2 Å². The molecular formula is C17H18N4O2S. The highest BCUT2D eigenvalue weighted by atomic mass is 32.2.